The Morgan fingerprint density at radius 2 is 1.54 bits per heavy atom. The molecular weight excluding hydrogens is 358 g/mol. The summed E-state index contributed by atoms with van der Waals surface area (Å²) < 4.78 is 0. The second kappa shape index (κ2) is 14.3. The summed E-state index contributed by atoms with van der Waals surface area (Å²) in [5, 5.41) is 11.5. The molecule has 0 rings (SSSR count). The topological polar surface area (TPSA) is 125 Å². The van der Waals surface area contributed by atoms with Crippen LogP contribution in [0.3, 0.4) is 0 Å². The van der Waals surface area contributed by atoms with Crippen molar-refractivity contribution >= 4 is 17.7 Å². The minimum atomic E-state index is -0.688. The van der Waals surface area contributed by atoms with Crippen molar-refractivity contribution in [3.05, 3.63) is 0 Å². The second-order valence-electron chi connectivity index (χ2n) is 8.30. The number of nitrogens with two attached hydrogens (primary N) is 1. The van der Waals surface area contributed by atoms with E-state index in [0.29, 0.717) is 25.4 Å². The molecule has 0 aromatic rings. The van der Waals surface area contributed by atoms with E-state index in [0.717, 1.165) is 12.8 Å². The maximum absolute atomic E-state index is 12.7. The first-order valence-electron chi connectivity index (χ1n) is 10.4. The van der Waals surface area contributed by atoms with Crippen molar-refractivity contribution in [2.24, 2.45) is 17.6 Å². The van der Waals surface area contributed by atoms with E-state index < -0.39 is 6.04 Å². The Morgan fingerprint density at radius 1 is 0.893 bits per heavy atom. The van der Waals surface area contributed by atoms with E-state index in [4.69, 9.17) is 5.73 Å². The van der Waals surface area contributed by atoms with Crippen molar-refractivity contribution in [3.63, 3.8) is 0 Å². The molecule has 164 valence electrons. The van der Waals surface area contributed by atoms with E-state index in [-0.39, 0.29) is 42.3 Å². The van der Waals surface area contributed by atoms with E-state index in [2.05, 4.69) is 21.3 Å². The molecule has 8 nitrogen and oxygen atoms in total. The fourth-order valence-corrected chi connectivity index (χ4v) is 2.62. The predicted octanol–water partition coefficient (Wildman–Crippen LogP) is 0.511. The summed E-state index contributed by atoms with van der Waals surface area (Å²) in [7, 11) is 0. The third-order valence-electron chi connectivity index (χ3n) is 4.17. The molecule has 0 aliphatic carbocycles. The third-order valence-corrected chi connectivity index (χ3v) is 4.17. The number of carbonyl (C=O) groups excluding carboxylic acids is 3. The molecule has 0 spiro atoms. The molecule has 6 N–H and O–H groups in total. The van der Waals surface area contributed by atoms with Crippen LogP contribution in [-0.4, -0.2) is 55.5 Å². The summed E-state index contributed by atoms with van der Waals surface area (Å²) in [5.41, 5.74) is 5.54. The van der Waals surface area contributed by atoms with Gasteiger partial charge in [0, 0.05) is 12.6 Å². The third kappa shape index (κ3) is 11.9. The Morgan fingerprint density at radius 3 is 2.04 bits per heavy atom. The van der Waals surface area contributed by atoms with Crippen molar-refractivity contribution in [2.45, 2.75) is 78.9 Å². The minimum absolute atomic E-state index is 0.0805. The Kier molecular flexibility index (Phi) is 13.5. The van der Waals surface area contributed by atoms with Gasteiger partial charge in [-0.15, -0.1) is 0 Å². The summed E-state index contributed by atoms with van der Waals surface area (Å²) in [5.74, 6) is -0.380. The van der Waals surface area contributed by atoms with E-state index in [1.807, 2.05) is 41.5 Å². The average Bonchev–Trinajstić information content (AvgIpc) is 2.61. The van der Waals surface area contributed by atoms with Gasteiger partial charge < -0.3 is 27.0 Å². The number of rotatable bonds is 14. The van der Waals surface area contributed by atoms with Gasteiger partial charge in [-0.3, -0.25) is 14.4 Å². The monoisotopic (exact) mass is 399 g/mol. The molecule has 0 aromatic heterocycles. The number of amides is 3. The van der Waals surface area contributed by atoms with Crippen LogP contribution in [0.1, 0.15) is 60.8 Å². The van der Waals surface area contributed by atoms with Crippen molar-refractivity contribution < 1.29 is 14.4 Å². The van der Waals surface area contributed by atoms with Crippen LogP contribution in [0.15, 0.2) is 0 Å². The fourth-order valence-electron chi connectivity index (χ4n) is 2.62. The molecule has 0 saturated carbocycles. The van der Waals surface area contributed by atoms with Crippen LogP contribution in [0.5, 0.6) is 0 Å². The highest BCUT2D eigenvalue weighted by Crippen LogP contribution is 2.06. The quantitative estimate of drug-likeness (QED) is 0.272. The first-order valence-corrected chi connectivity index (χ1v) is 10.4. The first-order chi connectivity index (χ1) is 13.1. The summed E-state index contributed by atoms with van der Waals surface area (Å²) in [6.45, 7) is 12.9. The first kappa shape index (κ1) is 26.3. The number of carbonyl (C=O) groups is 3. The molecule has 0 aliphatic rings. The van der Waals surface area contributed by atoms with Crippen LogP contribution in [0.25, 0.3) is 0 Å². The van der Waals surface area contributed by atoms with Crippen LogP contribution < -0.4 is 27.0 Å². The maximum Gasteiger partial charge on any atom is 0.243 e. The molecule has 3 amide bonds. The van der Waals surface area contributed by atoms with Gasteiger partial charge in [0.15, 0.2) is 0 Å². The highest BCUT2D eigenvalue weighted by atomic mass is 16.2. The summed E-state index contributed by atoms with van der Waals surface area (Å²) >= 11 is 0. The van der Waals surface area contributed by atoms with Crippen molar-refractivity contribution in [1.82, 2.24) is 21.3 Å². The molecule has 0 fully saturated rings. The molecule has 0 bridgehead atoms. The summed E-state index contributed by atoms with van der Waals surface area (Å²) in [6, 6.07) is -0.932. The standard InChI is InChI=1S/C20H41N5O3/c1-13(2)11-22-17(26)12-23-19(27)16(9-7-8-10-21)25-20(28)18(14(3)4)24-15(5)6/h13-16,18,24H,7-12,21H2,1-6H3,(H,22,26)(H,23,27)(H,25,28)/t16-,18-/m0/s1. The van der Waals surface area contributed by atoms with Gasteiger partial charge >= 0.3 is 0 Å². The lowest BCUT2D eigenvalue weighted by Crippen LogP contribution is -2.56. The average molecular weight is 400 g/mol. The molecule has 8 heteroatoms. The number of unbranched alkanes of at least 4 members (excludes halogenated alkanes) is 1. The van der Waals surface area contributed by atoms with E-state index in [1.54, 1.807) is 0 Å². The van der Waals surface area contributed by atoms with E-state index in [9.17, 15) is 14.4 Å². The number of hydrogen-bond donors (Lipinski definition) is 5. The van der Waals surface area contributed by atoms with Gasteiger partial charge in [-0.05, 0) is 37.6 Å². The smallest absolute Gasteiger partial charge is 0.243 e. The molecule has 0 unspecified atom stereocenters. The van der Waals surface area contributed by atoms with Gasteiger partial charge in [0.05, 0.1) is 12.6 Å². The van der Waals surface area contributed by atoms with Gasteiger partial charge in [-0.25, -0.2) is 0 Å². The van der Waals surface area contributed by atoms with Gasteiger partial charge in [0.1, 0.15) is 6.04 Å². The van der Waals surface area contributed by atoms with Crippen molar-refractivity contribution in [1.29, 1.82) is 0 Å². The Labute approximate surface area is 170 Å². The van der Waals surface area contributed by atoms with Gasteiger partial charge in [-0.1, -0.05) is 41.5 Å². The maximum atomic E-state index is 12.7. The van der Waals surface area contributed by atoms with Crippen LogP contribution in [0.4, 0.5) is 0 Å². The number of hydrogen-bond acceptors (Lipinski definition) is 5. The summed E-state index contributed by atoms with van der Waals surface area (Å²) in [6.07, 6.45) is 1.97. The van der Waals surface area contributed by atoms with E-state index in [1.165, 1.54) is 0 Å². The largest absolute Gasteiger partial charge is 0.354 e. The van der Waals surface area contributed by atoms with Crippen LogP contribution in [0.2, 0.25) is 0 Å². The zero-order chi connectivity index (χ0) is 21.7. The Hall–Kier alpha value is -1.67. The normalized spacial score (nSPS) is 13.5. The van der Waals surface area contributed by atoms with Crippen LogP contribution in [-0.2, 0) is 14.4 Å². The molecule has 0 aromatic carbocycles. The zero-order valence-electron chi connectivity index (χ0n) is 18.4. The highest BCUT2D eigenvalue weighted by Gasteiger charge is 2.27. The highest BCUT2D eigenvalue weighted by molar-refractivity contribution is 5.91. The SMILES string of the molecule is CC(C)CNC(=O)CNC(=O)[C@H](CCCCN)NC(=O)[C@@H](NC(C)C)C(C)C. The van der Waals surface area contributed by atoms with Crippen LogP contribution >= 0.6 is 0 Å². The van der Waals surface area contributed by atoms with Gasteiger partial charge in [0.2, 0.25) is 17.7 Å². The molecule has 0 radical (unpaired) electrons. The molecule has 2 atom stereocenters. The van der Waals surface area contributed by atoms with Crippen molar-refractivity contribution in [3.8, 4) is 0 Å². The lowest BCUT2D eigenvalue weighted by Gasteiger charge is -2.26. The summed E-state index contributed by atoms with van der Waals surface area (Å²) in [4.78, 5) is 37.1. The Balaban J connectivity index is 4.87. The molecule has 0 aliphatic heterocycles. The second-order valence-corrected chi connectivity index (χ2v) is 8.30. The number of nitrogens with one attached hydrogen (secondary N) is 4. The van der Waals surface area contributed by atoms with Crippen LogP contribution in [0, 0.1) is 11.8 Å². The molecule has 0 heterocycles. The predicted molar refractivity (Wildman–Crippen MR) is 113 cm³/mol. The minimum Gasteiger partial charge on any atom is -0.354 e. The van der Waals surface area contributed by atoms with Crippen molar-refractivity contribution in [2.75, 3.05) is 19.6 Å². The van der Waals surface area contributed by atoms with Gasteiger partial charge in [-0.2, -0.15) is 0 Å². The lowest BCUT2D eigenvalue weighted by atomic mass is 10.0. The fraction of sp³-hybridized carbons (Fsp3) is 0.850. The molecule has 28 heavy (non-hydrogen) atoms. The van der Waals surface area contributed by atoms with E-state index >= 15 is 0 Å². The zero-order valence-corrected chi connectivity index (χ0v) is 18.4. The molecular formula is C20H41N5O3. The Bertz CT molecular complexity index is 480. The van der Waals surface area contributed by atoms with Gasteiger partial charge in [0.25, 0.3) is 0 Å². The lowest BCUT2D eigenvalue weighted by molar-refractivity contribution is -0.131. The molecule has 0 saturated heterocycles.